The van der Waals surface area contributed by atoms with Gasteiger partial charge in [-0.1, -0.05) is 23.7 Å². The number of fused-ring (bicyclic) bond motifs is 1. The summed E-state index contributed by atoms with van der Waals surface area (Å²) in [4.78, 5) is 24.2. The normalized spacial score (nSPS) is 14.1. The first-order chi connectivity index (χ1) is 10.1. The first-order valence-electron chi connectivity index (χ1n) is 6.45. The van der Waals surface area contributed by atoms with E-state index in [-0.39, 0.29) is 6.03 Å². The van der Waals surface area contributed by atoms with Crippen LogP contribution in [0, 0.1) is 0 Å². The lowest BCUT2D eigenvalue weighted by atomic mass is 10.2. The van der Waals surface area contributed by atoms with Crippen LogP contribution in [-0.4, -0.2) is 30.1 Å². The SMILES string of the molecule is CNc1ncc2c(n1)N(C)C(=O)N(c1ccccc1Cl)C2. The molecule has 0 saturated heterocycles. The highest BCUT2D eigenvalue weighted by Crippen LogP contribution is 2.33. The number of halogens is 1. The van der Waals surface area contributed by atoms with Crippen molar-refractivity contribution < 1.29 is 4.79 Å². The first kappa shape index (κ1) is 13.6. The standard InChI is InChI=1S/C14H14ClN5O/c1-16-13-17-7-9-8-20(11-6-4-3-5-10(11)15)14(21)19(2)12(9)18-13/h3-7H,8H2,1-2H3,(H,16,17,18). The Hall–Kier alpha value is -2.34. The van der Waals surface area contributed by atoms with Gasteiger partial charge in [0.15, 0.2) is 0 Å². The summed E-state index contributed by atoms with van der Waals surface area (Å²) in [5, 5.41) is 3.41. The predicted octanol–water partition coefficient (Wildman–Crippen LogP) is 2.75. The Morgan fingerprint density at radius 3 is 2.81 bits per heavy atom. The highest BCUT2D eigenvalue weighted by atomic mass is 35.5. The van der Waals surface area contributed by atoms with Crippen LogP contribution in [0.15, 0.2) is 30.5 Å². The minimum absolute atomic E-state index is 0.170. The van der Waals surface area contributed by atoms with Crippen molar-refractivity contribution in [2.75, 3.05) is 29.2 Å². The molecule has 0 saturated carbocycles. The molecule has 2 amide bonds. The van der Waals surface area contributed by atoms with Gasteiger partial charge in [-0.15, -0.1) is 0 Å². The number of para-hydroxylation sites is 1. The van der Waals surface area contributed by atoms with Crippen LogP contribution in [0.2, 0.25) is 5.02 Å². The van der Waals surface area contributed by atoms with E-state index in [1.165, 1.54) is 4.90 Å². The van der Waals surface area contributed by atoms with Crippen LogP contribution in [0.4, 0.5) is 22.2 Å². The monoisotopic (exact) mass is 303 g/mol. The van der Waals surface area contributed by atoms with Gasteiger partial charge in [0.25, 0.3) is 0 Å². The maximum atomic E-state index is 12.6. The second kappa shape index (κ2) is 5.21. The third-order valence-electron chi connectivity index (χ3n) is 3.37. The number of hydrogen-bond acceptors (Lipinski definition) is 4. The second-order valence-electron chi connectivity index (χ2n) is 4.67. The van der Waals surface area contributed by atoms with Gasteiger partial charge in [0, 0.05) is 25.9 Å². The van der Waals surface area contributed by atoms with Gasteiger partial charge in [-0.25, -0.2) is 9.78 Å². The lowest BCUT2D eigenvalue weighted by Crippen LogP contribution is -2.46. The van der Waals surface area contributed by atoms with Crippen molar-refractivity contribution in [3.8, 4) is 0 Å². The minimum Gasteiger partial charge on any atom is -0.357 e. The summed E-state index contributed by atoms with van der Waals surface area (Å²) in [5.41, 5.74) is 1.55. The maximum absolute atomic E-state index is 12.6. The van der Waals surface area contributed by atoms with Crippen LogP contribution in [-0.2, 0) is 6.54 Å². The third-order valence-corrected chi connectivity index (χ3v) is 3.69. The van der Waals surface area contributed by atoms with E-state index in [0.717, 1.165) is 5.56 Å². The summed E-state index contributed by atoms with van der Waals surface area (Å²) < 4.78 is 0. The summed E-state index contributed by atoms with van der Waals surface area (Å²) in [6, 6.07) is 7.10. The average Bonchev–Trinajstić information content (AvgIpc) is 2.51. The van der Waals surface area contributed by atoms with Gasteiger partial charge >= 0.3 is 6.03 Å². The number of carbonyl (C=O) groups excluding carboxylic acids is 1. The van der Waals surface area contributed by atoms with Crippen LogP contribution in [0.5, 0.6) is 0 Å². The molecule has 0 spiro atoms. The molecule has 2 aromatic rings. The van der Waals surface area contributed by atoms with E-state index >= 15 is 0 Å². The van der Waals surface area contributed by atoms with Crippen LogP contribution in [0.3, 0.4) is 0 Å². The molecule has 0 unspecified atom stereocenters. The number of carbonyl (C=O) groups is 1. The zero-order valence-electron chi connectivity index (χ0n) is 11.7. The van der Waals surface area contributed by atoms with Crippen LogP contribution >= 0.6 is 11.6 Å². The molecule has 1 N–H and O–H groups in total. The van der Waals surface area contributed by atoms with Gasteiger partial charge < -0.3 is 5.32 Å². The maximum Gasteiger partial charge on any atom is 0.330 e. The first-order valence-corrected chi connectivity index (χ1v) is 6.83. The molecule has 0 atom stereocenters. The fourth-order valence-electron chi connectivity index (χ4n) is 2.29. The Balaban J connectivity index is 2.04. The molecule has 1 aromatic heterocycles. The third kappa shape index (κ3) is 2.27. The number of benzene rings is 1. The van der Waals surface area contributed by atoms with Gasteiger partial charge in [-0.3, -0.25) is 9.80 Å². The van der Waals surface area contributed by atoms with Gasteiger partial charge in [0.2, 0.25) is 5.95 Å². The molecular formula is C14H14ClN5O. The van der Waals surface area contributed by atoms with Crippen molar-refractivity contribution in [3.05, 3.63) is 41.0 Å². The van der Waals surface area contributed by atoms with Crippen molar-refractivity contribution in [3.63, 3.8) is 0 Å². The van der Waals surface area contributed by atoms with E-state index in [1.807, 2.05) is 18.2 Å². The molecule has 21 heavy (non-hydrogen) atoms. The van der Waals surface area contributed by atoms with Crippen molar-refractivity contribution in [2.45, 2.75) is 6.54 Å². The highest BCUT2D eigenvalue weighted by Gasteiger charge is 2.31. The molecule has 0 fully saturated rings. The Morgan fingerprint density at radius 1 is 1.33 bits per heavy atom. The molecule has 1 aromatic carbocycles. The lowest BCUT2D eigenvalue weighted by molar-refractivity contribution is 0.251. The summed E-state index contributed by atoms with van der Waals surface area (Å²) >= 11 is 6.19. The van der Waals surface area contributed by atoms with Gasteiger partial charge in [0.05, 0.1) is 17.3 Å². The van der Waals surface area contributed by atoms with Crippen molar-refractivity contribution in [1.29, 1.82) is 0 Å². The average molecular weight is 304 g/mol. The lowest BCUT2D eigenvalue weighted by Gasteiger charge is -2.34. The number of aromatic nitrogens is 2. The van der Waals surface area contributed by atoms with Crippen molar-refractivity contribution in [2.24, 2.45) is 0 Å². The second-order valence-corrected chi connectivity index (χ2v) is 5.08. The number of amides is 2. The van der Waals surface area contributed by atoms with E-state index < -0.39 is 0 Å². The fraction of sp³-hybridized carbons (Fsp3) is 0.214. The van der Waals surface area contributed by atoms with Gasteiger partial charge in [-0.05, 0) is 12.1 Å². The number of nitrogens with one attached hydrogen (secondary N) is 1. The summed E-state index contributed by atoms with van der Waals surface area (Å²) in [5.74, 6) is 1.10. The smallest absolute Gasteiger partial charge is 0.330 e. The Kier molecular flexibility index (Phi) is 3.39. The Morgan fingerprint density at radius 2 is 2.10 bits per heavy atom. The quantitative estimate of drug-likeness (QED) is 0.926. The van der Waals surface area contributed by atoms with Crippen molar-refractivity contribution in [1.82, 2.24) is 9.97 Å². The molecule has 108 valence electrons. The Labute approximate surface area is 127 Å². The zero-order valence-corrected chi connectivity index (χ0v) is 12.4. The largest absolute Gasteiger partial charge is 0.357 e. The summed E-state index contributed by atoms with van der Waals surface area (Å²) in [7, 11) is 3.43. The molecule has 6 nitrogen and oxygen atoms in total. The van der Waals surface area contributed by atoms with E-state index in [4.69, 9.17) is 11.6 Å². The molecule has 7 heteroatoms. The van der Waals surface area contributed by atoms with E-state index in [2.05, 4.69) is 15.3 Å². The number of rotatable bonds is 2. The molecule has 0 aliphatic carbocycles. The Bertz CT molecular complexity index is 706. The molecule has 1 aliphatic heterocycles. The minimum atomic E-state index is -0.170. The summed E-state index contributed by atoms with van der Waals surface area (Å²) in [6.07, 6.45) is 1.72. The van der Waals surface area contributed by atoms with Gasteiger partial charge in [0.1, 0.15) is 5.82 Å². The van der Waals surface area contributed by atoms with Crippen LogP contribution in [0.1, 0.15) is 5.56 Å². The molecule has 1 aliphatic rings. The van der Waals surface area contributed by atoms with E-state index in [0.29, 0.717) is 29.0 Å². The highest BCUT2D eigenvalue weighted by molar-refractivity contribution is 6.34. The fourth-order valence-corrected chi connectivity index (χ4v) is 2.53. The van der Waals surface area contributed by atoms with Crippen LogP contribution in [0.25, 0.3) is 0 Å². The van der Waals surface area contributed by atoms with E-state index in [9.17, 15) is 4.79 Å². The number of anilines is 3. The topological polar surface area (TPSA) is 61.4 Å². The molecule has 3 rings (SSSR count). The molecule has 0 radical (unpaired) electrons. The molecule has 0 bridgehead atoms. The van der Waals surface area contributed by atoms with Crippen LogP contribution < -0.4 is 15.1 Å². The van der Waals surface area contributed by atoms with Gasteiger partial charge in [-0.2, -0.15) is 4.98 Å². The number of hydrogen-bond donors (Lipinski definition) is 1. The number of nitrogens with zero attached hydrogens (tertiary/aromatic N) is 4. The molecular weight excluding hydrogens is 290 g/mol. The van der Waals surface area contributed by atoms with E-state index in [1.54, 1.807) is 31.3 Å². The summed E-state index contributed by atoms with van der Waals surface area (Å²) in [6.45, 7) is 0.395. The molecule has 2 heterocycles. The number of urea groups is 1. The predicted molar refractivity (Wildman–Crippen MR) is 83.0 cm³/mol. The van der Waals surface area contributed by atoms with Crippen molar-refractivity contribution >= 4 is 35.1 Å². The zero-order chi connectivity index (χ0) is 15.0.